The van der Waals surface area contributed by atoms with E-state index in [1.54, 1.807) is 0 Å². The van der Waals surface area contributed by atoms with Gasteiger partial charge in [0, 0.05) is 13.0 Å². The lowest BCUT2D eigenvalue weighted by molar-refractivity contribution is -0.146. The third kappa shape index (κ3) is 8.14. The topological polar surface area (TPSA) is 134 Å². The summed E-state index contributed by atoms with van der Waals surface area (Å²) in [4.78, 5) is 63.2. The van der Waals surface area contributed by atoms with Gasteiger partial charge in [-0.2, -0.15) is 0 Å². The van der Waals surface area contributed by atoms with E-state index < -0.39 is 35.4 Å². The van der Waals surface area contributed by atoms with Crippen LogP contribution in [-0.4, -0.2) is 53.2 Å². The zero-order valence-electron chi connectivity index (χ0n) is 23.4. The fourth-order valence-electron chi connectivity index (χ4n) is 4.67. The summed E-state index contributed by atoms with van der Waals surface area (Å²) in [5.41, 5.74) is 2.84. The van der Waals surface area contributed by atoms with Crippen LogP contribution in [0.2, 0.25) is 0 Å². The van der Waals surface area contributed by atoms with Gasteiger partial charge in [-0.3, -0.25) is 24.6 Å². The molecular weight excluding hydrogens is 512 g/mol. The van der Waals surface area contributed by atoms with E-state index in [-0.39, 0.29) is 43.6 Å². The van der Waals surface area contributed by atoms with Gasteiger partial charge in [-0.25, -0.2) is 9.80 Å². The maximum atomic E-state index is 13.7. The lowest BCUT2D eigenvalue weighted by atomic mass is 10.0. The van der Waals surface area contributed by atoms with Gasteiger partial charge in [-0.1, -0.05) is 88.4 Å². The predicted molar refractivity (Wildman–Crippen MR) is 148 cm³/mol. The summed E-state index contributed by atoms with van der Waals surface area (Å²) in [5.74, 6) is -2.18. The zero-order valence-corrected chi connectivity index (χ0v) is 23.4. The number of hydrazine groups is 1. The van der Waals surface area contributed by atoms with Crippen LogP contribution in [0.25, 0.3) is 0 Å². The largest absolute Gasteiger partial charge is 0.445 e. The first-order valence-electron chi connectivity index (χ1n) is 13.5. The van der Waals surface area contributed by atoms with Crippen molar-refractivity contribution in [3.05, 3.63) is 71.8 Å². The molecule has 10 heteroatoms. The first-order valence-corrected chi connectivity index (χ1v) is 13.5. The van der Waals surface area contributed by atoms with E-state index in [1.807, 2.05) is 88.4 Å². The Labute approximate surface area is 234 Å². The van der Waals surface area contributed by atoms with E-state index in [1.165, 1.54) is 0 Å². The number of benzene rings is 2. The Morgan fingerprint density at radius 2 is 1.57 bits per heavy atom. The fraction of sp³-hybridized carbons (Fsp3) is 0.433. The Kier molecular flexibility index (Phi) is 10.4. The molecule has 3 N–H and O–H groups in total. The molecule has 3 rings (SSSR count). The minimum Gasteiger partial charge on any atom is -0.445 e. The number of nitrogens with zero attached hydrogens (tertiary/aromatic N) is 1. The van der Waals surface area contributed by atoms with Crippen molar-refractivity contribution in [1.82, 2.24) is 21.1 Å². The van der Waals surface area contributed by atoms with Crippen LogP contribution in [0.5, 0.6) is 0 Å². The Bertz CT molecular complexity index is 1190. The highest BCUT2D eigenvalue weighted by atomic mass is 16.5. The Hall–Kier alpha value is -4.21. The van der Waals surface area contributed by atoms with Crippen LogP contribution in [0.3, 0.4) is 0 Å². The second kappa shape index (κ2) is 13.7. The Balaban J connectivity index is 1.78. The van der Waals surface area contributed by atoms with Crippen LogP contribution in [0.1, 0.15) is 45.2 Å². The summed E-state index contributed by atoms with van der Waals surface area (Å²) in [5, 5.41) is 6.51. The molecule has 0 aromatic heterocycles. The number of hydrogen-bond donors (Lipinski definition) is 3. The highest BCUT2D eigenvalue weighted by Gasteiger charge is 2.62. The van der Waals surface area contributed by atoms with E-state index in [0.29, 0.717) is 6.42 Å². The number of alkyl carbamates (subject to hydrolysis) is 1. The molecule has 0 spiro atoms. The number of hydrogen-bond acceptors (Lipinski definition) is 6. The van der Waals surface area contributed by atoms with Gasteiger partial charge in [-0.15, -0.1) is 0 Å². The normalized spacial score (nSPS) is 18.4. The molecule has 1 unspecified atom stereocenters. The first kappa shape index (κ1) is 30.3. The molecule has 10 nitrogen and oxygen atoms in total. The standard InChI is InChI=1S/C30H38N4O6/c1-20(2)17-34(26(36)18-35)33-27(37)25(15-22-11-7-5-8-12-22)31-28(38)30(16-24(30)21(3)4)32-29(39)40-19-23-13-9-6-10-14-23/h5-14,18,20-21,24-25H,15-17,19H2,1-4H3,(H,31,38)(H,32,39)(H,33,37)/t24-,25-,30?/m0/s1. The SMILES string of the molecule is CC(C)CN(NC(=O)[C@H](Cc1ccccc1)NC(=O)C1(NC(=O)OCc2ccccc2)C[C@H]1C(C)C)C(=O)C=O. The zero-order chi connectivity index (χ0) is 29.3. The van der Waals surface area contributed by atoms with Gasteiger partial charge in [0.15, 0.2) is 0 Å². The molecule has 214 valence electrons. The molecule has 0 aliphatic heterocycles. The van der Waals surface area contributed by atoms with E-state index in [9.17, 15) is 24.0 Å². The number of amides is 4. The van der Waals surface area contributed by atoms with Gasteiger partial charge in [0.05, 0.1) is 0 Å². The summed E-state index contributed by atoms with van der Waals surface area (Å²) in [6, 6.07) is 17.2. The van der Waals surface area contributed by atoms with E-state index in [4.69, 9.17) is 4.74 Å². The average molecular weight is 551 g/mol. The number of rotatable bonds is 12. The van der Waals surface area contributed by atoms with E-state index in [0.717, 1.165) is 16.1 Å². The van der Waals surface area contributed by atoms with E-state index in [2.05, 4.69) is 16.1 Å². The van der Waals surface area contributed by atoms with Gasteiger partial charge in [-0.05, 0) is 35.3 Å². The number of nitrogens with one attached hydrogen (secondary N) is 3. The third-order valence-corrected chi connectivity index (χ3v) is 6.83. The summed E-state index contributed by atoms with van der Waals surface area (Å²) in [6.45, 7) is 7.76. The summed E-state index contributed by atoms with van der Waals surface area (Å²) < 4.78 is 5.37. The molecule has 2 aromatic carbocycles. The maximum absolute atomic E-state index is 13.7. The fourth-order valence-corrected chi connectivity index (χ4v) is 4.67. The molecule has 40 heavy (non-hydrogen) atoms. The molecule has 2 aromatic rings. The summed E-state index contributed by atoms with van der Waals surface area (Å²) in [6.07, 6.45) is -0.0832. The summed E-state index contributed by atoms with van der Waals surface area (Å²) in [7, 11) is 0. The maximum Gasteiger partial charge on any atom is 0.408 e. The van der Waals surface area contributed by atoms with Gasteiger partial charge in [0.25, 0.3) is 5.91 Å². The van der Waals surface area contributed by atoms with Crippen molar-refractivity contribution < 1.29 is 28.7 Å². The molecule has 3 atom stereocenters. The molecule has 0 heterocycles. The molecule has 1 saturated carbocycles. The Morgan fingerprint density at radius 1 is 0.975 bits per heavy atom. The number of aldehydes is 1. The van der Waals surface area contributed by atoms with Crippen LogP contribution in [0, 0.1) is 17.8 Å². The minimum absolute atomic E-state index is 0.0287. The molecule has 1 fully saturated rings. The van der Waals surface area contributed by atoms with Crippen LogP contribution >= 0.6 is 0 Å². The van der Waals surface area contributed by atoms with E-state index >= 15 is 0 Å². The van der Waals surface area contributed by atoms with Crippen molar-refractivity contribution in [1.29, 1.82) is 0 Å². The third-order valence-electron chi connectivity index (χ3n) is 6.83. The van der Waals surface area contributed by atoms with Gasteiger partial charge in [0.2, 0.25) is 12.2 Å². The van der Waals surface area contributed by atoms with Crippen molar-refractivity contribution in [2.45, 2.75) is 58.7 Å². The number of ether oxygens (including phenoxy) is 1. The van der Waals surface area contributed by atoms with Gasteiger partial charge >= 0.3 is 12.0 Å². The van der Waals surface area contributed by atoms with Crippen LogP contribution in [0.15, 0.2) is 60.7 Å². The second-order valence-electron chi connectivity index (χ2n) is 10.9. The molecule has 1 aliphatic carbocycles. The highest BCUT2D eigenvalue weighted by Crippen LogP contribution is 2.48. The van der Waals surface area contributed by atoms with Crippen molar-refractivity contribution in [3.63, 3.8) is 0 Å². The van der Waals surface area contributed by atoms with Crippen LogP contribution in [0.4, 0.5) is 4.79 Å². The van der Waals surface area contributed by atoms with Crippen molar-refractivity contribution in [3.8, 4) is 0 Å². The molecule has 0 radical (unpaired) electrons. The minimum atomic E-state index is -1.24. The molecule has 0 saturated heterocycles. The molecular formula is C30H38N4O6. The smallest absolute Gasteiger partial charge is 0.408 e. The monoisotopic (exact) mass is 550 g/mol. The van der Waals surface area contributed by atoms with Crippen LogP contribution in [-0.2, 0) is 36.9 Å². The lowest BCUT2D eigenvalue weighted by Gasteiger charge is -2.28. The molecule has 4 amide bonds. The molecule has 0 bridgehead atoms. The van der Waals surface area contributed by atoms with Gasteiger partial charge in [0.1, 0.15) is 18.2 Å². The number of carbonyl (C=O) groups excluding carboxylic acids is 5. The van der Waals surface area contributed by atoms with Crippen LogP contribution < -0.4 is 16.1 Å². The van der Waals surface area contributed by atoms with Crippen molar-refractivity contribution in [2.24, 2.45) is 17.8 Å². The second-order valence-corrected chi connectivity index (χ2v) is 10.9. The molecule has 1 aliphatic rings. The predicted octanol–water partition coefficient (Wildman–Crippen LogP) is 2.77. The Morgan fingerprint density at radius 3 is 2.10 bits per heavy atom. The van der Waals surface area contributed by atoms with Gasteiger partial charge < -0.3 is 15.4 Å². The quantitative estimate of drug-likeness (QED) is 0.211. The highest BCUT2D eigenvalue weighted by molar-refractivity contribution is 6.23. The summed E-state index contributed by atoms with van der Waals surface area (Å²) >= 11 is 0. The number of carbonyl (C=O) groups is 5. The van der Waals surface area contributed by atoms with Crippen molar-refractivity contribution in [2.75, 3.05) is 6.54 Å². The first-order chi connectivity index (χ1) is 19.1. The lowest BCUT2D eigenvalue weighted by Crippen LogP contribution is -2.59. The average Bonchev–Trinajstić information content (AvgIpc) is 3.67. The van der Waals surface area contributed by atoms with Crippen molar-refractivity contribution >= 4 is 30.1 Å².